The average Bonchev–Trinajstić information content (AvgIpc) is 3.12. The predicted octanol–water partition coefficient (Wildman–Crippen LogP) is 14.6. The summed E-state index contributed by atoms with van der Waals surface area (Å²) in [5.41, 5.74) is 0. The van der Waals surface area contributed by atoms with Crippen LogP contribution in [0.25, 0.3) is 0 Å². The van der Waals surface area contributed by atoms with E-state index in [1.54, 1.807) is 0 Å². The van der Waals surface area contributed by atoms with Crippen molar-refractivity contribution in [2.24, 2.45) is 11.8 Å². The van der Waals surface area contributed by atoms with Gasteiger partial charge in [-0.3, -0.25) is 14.4 Å². The zero-order valence-corrected chi connectivity index (χ0v) is 36.1. The lowest BCUT2D eigenvalue weighted by Gasteiger charge is -2.18. The van der Waals surface area contributed by atoms with E-state index in [2.05, 4.69) is 34.6 Å². The molecule has 0 heterocycles. The monoisotopic (exact) mass is 751 g/mol. The molecule has 0 bridgehead atoms. The third kappa shape index (κ3) is 41.4. The minimum absolute atomic E-state index is 0.0650. The summed E-state index contributed by atoms with van der Waals surface area (Å²) in [7, 11) is 0. The number of rotatable bonds is 41. The summed E-state index contributed by atoms with van der Waals surface area (Å²) in [6, 6.07) is 0. The highest BCUT2D eigenvalue weighted by atomic mass is 16.6. The molecular formula is C47H90O6. The third-order valence-corrected chi connectivity index (χ3v) is 10.5. The van der Waals surface area contributed by atoms with Gasteiger partial charge in [0, 0.05) is 19.3 Å². The first kappa shape index (κ1) is 51.4. The fraction of sp³-hybridized carbons (Fsp3) is 0.936. The first-order valence-corrected chi connectivity index (χ1v) is 23.2. The van der Waals surface area contributed by atoms with Crippen molar-refractivity contribution in [3.63, 3.8) is 0 Å². The van der Waals surface area contributed by atoms with E-state index < -0.39 is 6.10 Å². The molecule has 0 N–H and O–H groups in total. The molecule has 0 aliphatic rings. The van der Waals surface area contributed by atoms with Crippen molar-refractivity contribution in [1.29, 1.82) is 0 Å². The Balaban J connectivity index is 4.34. The Hall–Kier alpha value is -1.59. The molecule has 0 spiro atoms. The highest BCUT2D eigenvalue weighted by molar-refractivity contribution is 5.71. The molecule has 314 valence electrons. The van der Waals surface area contributed by atoms with Crippen molar-refractivity contribution in [3.05, 3.63) is 0 Å². The number of hydrogen-bond acceptors (Lipinski definition) is 6. The van der Waals surface area contributed by atoms with Crippen LogP contribution in [-0.2, 0) is 28.6 Å². The van der Waals surface area contributed by atoms with E-state index in [1.165, 1.54) is 141 Å². The van der Waals surface area contributed by atoms with Gasteiger partial charge >= 0.3 is 17.9 Å². The lowest BCUT2D eigenvalue weighted by Crippen LogP contribution is -2.30. The van der Waals surface area contributed by atoms with E-state index in [9.17, 15) is 14.4 Å². The molecule has 1 atom stereocenters. The van der Waals surface area contributed by atoms with E-state index >= 15 is 0 Å². The molecular weight excluding hydrogens is 661 g/mol. The zero-order valence-electron chi connectivity index (χ0n) is 36.1. The van der Waals surface area contributed by atoms with Gasteiger partial charge in [-0.15, -0.1) is 0 Å². The lowest BCUT2D eigenvalue weighted by atomic mass is 10.0. The number of carbonyl (C=O) groups excluding carboxylic acids is 3. The van der Waals surface area contributed by atoms with E-state index in [1.807, 2.05) is 0 Å². The second-order valence-electron chi connectivity index (χ2n) is 17.0. The Bertz CT molecular complexity index is 809. The molecule has 0 saturated heterocycles. The van der Waals surface area contributed by atoms with E-state index in [0.29, 0.717) is 19.3 Å². The molecule has 0 amide bonds. The van der Waals surface area contributed by atoms with Crippen molar-refractivity contribution < 1.29 is 28.6 Å². The Morgan fingerprint density at radius 2 is 0.623 bits per heavy atom. The predicted molar refractivity (Wildman–Crippen MR) is 224 cm³/mol. The molecule has 6 nitrogen and oxygen atoms in total. The summed E-state index contributed by atoms with van der Waals surface area (Å²) in [6.45, 7) is 11.3. The maximum atomic E-state index is 12.7. The van der Waals surface area contributed by atoms with Crippen LogP contribution in [0.3, 0.4) is 0 Å². The average molecular weight is 751 g/mol. The lowest BCUT2D eigenvalue weighted by molar-refractivity contribution is -0.167. The van der Waals surface area contributed by atoms with Crippen molar-refractivity contribution in [2.75, 3.05) is 13.2 Å². The molecule has 0 rings (SSSR count). The quantitative estimate of drug-likeness (QED) is 0.0352. The van der Waals surface area contributed by atoms with Crippen molar-refractivity contribution in [3.8, 4) is 0 Å². The topological polar surface area (TPSA) is 78.9 Å². The van der Waals surface area contributed by atoms with Gasteiger partial charge in [0.05, 0.1) is 0 Å². The first-order chi connectivity index (χ1) is 25.7. The highest BCUT2D eigenvalue weighted by Gasteiger charge is 2.19. The van der Waals surface area contributed by atoms with Gasteiger partial charge in [0.2, 0.25) is 0 Å². The molecule has 0 aromatic rings. The normalized spacial score (nSPS) is 12.1. The Morgan fingerprint density at radius 1 is 0.358 bits per heavy atom. The minimum atomic E-state index is -0.760. The van der Waals surface area contributed by atoms with Gasteiger partial charge in [0.1, 0.15) is 13.2 Å². The van der Waals surface area contributed by atoms with Gasteiger partial charge in [-0.2, -0.15) is 0 Å². The number of unbranched alkanes of at least 4 members (excludes halogenated alkanes) is 26. The second-order valence-corrected chi connectivity index (χ2v) is 17.0. The molecule has 6 heteroatoms. The van der Waals surface area contributed by atoms with E-state index in [0.717, 1.165) is 69.6 Å². The molecule has 0 aromatic carbocycles. The molecule has 0 radical (unpaired) electrons. The van der Waals surface area contributed by atoms with Crippen LogP contribution in [0.5, 0.6) is 0 Å². The zero-order chi connectivity index (χ0) is 39.0. The standard InChI is InChI=1S/C47H90O6/c1-6-7-8-9-10-11-12-13-16-22-27-32-37-45(48)51-40-44(41-52-46(49)38-33-28-23-19-18-21-26-31-36-43(4)5)53-47(50)39-34-29-24-17-14-15-20-25-30-35-42(2)3/h42-44H,6-41H2,1-5H3/t44-/m0/s1. The van der Waals surface area contributed by atoms with Gasteiger partial charge < -0.3 is 14.2 Å². The largest absolute Gasteiger partial charge is 0.462 e. The number of ether oxygens (including phenoxy) is 3. The van der Waals surface area contributed by atoms with E-state index in [-0.39, 0.29) is 31.1 Å². The van der Waals surface area contributed by atoms with Crippen LogP contribution in [0.2, 0.25) is 0 Å². The minimum Gasteiger partial charge on any atom is -0.462 e. The van der Waals surface area contributed by atoms with Gasteiger partial charge in [0.25, 0.3) is 0 Å². The smallest absolute Gasteiger partial charge is 0.306 e. The first-order valence-electron chi connectivity index (χ1n) is 23.2. The van der Waals surface area contributed by atoms with Crippen LogP contribution in [-0.4, -0.2) is 37.2 Å². The molecule has 0 fully saturated rings. The van der Waals surface area contributed by atoms with Crippen molar-refractivity contribution in [1.82, 2.24) is 0 Å². The Kier molecular flexibility index (Phi) is 38.9. The third-order valence-electron chi connectivity index (χ3n) is 10.5. The SMILES string of the molecule is CCCCCCCCCCCCCCC(=O)OC[C@@H](COC(=O)CCCCCCCCCCC(C)C)OC(=O)CCCCCCCCCCCC(C)C. The maximum Gasteiger partial charge on any atom is 0.306 e. The summed E-state index contributed by atoms with van der Waals surface area (Å²) >= 11 is 0. The summed E-state index contributed by atoms with van der Waals surface area (Å²) in [5, 5.41) is 0. The fourth-order valence-electron chi connectivity index (χ4n) is 6.93. The number of hydrogen-bond donors (Lipinski definition) is 0. The number of carbonyl (C=O) groups is 3. The summed E-state index contributed by atoms with van der Waals surface area (Å²) in [4.78, 5) is 37.7. The second kappa shape index (κ2) is 40.1. The maximum absolute atomic E-state index is 12.7. The fourth-order valence-corrected chi connectivity index (χ4v) is 6.93. The van der Waals surface area contributed by atoms with Gasteiger partial charge in [0.15, 0.2) is 6.10 Å². The summed E-state index contributed by atoms with van der Waals surface area (Å²) in [6.07, 6.45) is 38.0. The molecule has 0 aromatic heterocycles. The van der Waals surface area contributed by atoms with Gasteiger partial charge in [-0.05, 0) is 31.1 Å². The summed E-state index contributed by atoms with van der Waals surface area (Å²) in [5.74, 6) is 0.744. The molecule has 0 aliphatic carbocycles. The van der Waals surface area contributed by atoms with Crippen LogP contribution < -0.4 is 0 Å². The molecule has 0 unspecified atom stereocenters. The van der Waals surface area contributed by atoms with Crippen LogP contribution >= 0.6 is 0 Å². The van der Waals surface area contributed by atoms with Crippen molar-refractivity contribution >= 4 is 17.9 Å². The van der Waals surface area contributed by atoms with Crippen LogP contribution in [0.15, 0.2) is 0 Å². The molecule has 0 saturated carbocycles. The Labute approximate surface area is 329 Å². The molecule has 0 aliphatic heterocycles. The van der Waals surface area contributed by atoms with Crippen LogP contribution in [0.4, 0.5) is 0 Å². The van der Waals surface area contributed by atoms with Crippen LogP contribution in [0, 0.1) is 11.8 Å². The van der Waals surface area contributed by atoms with Gasteiger partial charge in [-0.25, -0.2) is 0 Å². The van der Waals surface area contributed by atoms with Crippen molar-refractivity contribution in [2.45, 2.75) is 259 Å². The number of esters is 3. The highest BCUT2D eigenvalue weighted by Crippen LogP contribution is 2.16. The van der Waals surface area contributed by atoms with E-state index in [4.69, 9.17) is 14.2 Å². The van der Waals surface area contributed by atoms with Gasteiger partial charge in [-0.1, -0.05) is 214 Å². The van der Waals surface area contributed by atoms with Crippen LogP contribution in [0.1, 0.15) is 253 Å². The summed E-state index contributed by atoms with van der Waals surface area (Å²) < 4.78 is 16.7. The molecule has 53 heavy (non-hydrogen) atoms. The Morgan fingerprint density at radius 3 is 0.925 bits per heavy atom.